The number of hydrogen-bond acceptors (Lipinski definition) is 7. The van der Waals surface area contributed by atoms with Crippen LogP contribution in [0.15, 0.2) is 76.0 Å². The van der Waals surface area contributed by atoms with Crippen molar-refractivity contribution >= 4 is 0 Å². The summed E-state index contributed by atoms with van der Waals surface area (Å²) >= 11 is 0. The number of aryl methyl sites for hydroxylation is 2. The van der Waals surface area contributed by atoms with Gasteiger partial charge in [-0.05, 0) is 66.6 Å². The molecule has 0 unspecified atom stereocenters. The number of benzene rings is 3. The zero-order chi connectivity index (χ0) is 29.4. The minimum atomic E-state index is -0.470. The van der Waals surface area contributed by atoms with E-state index in [0.29, 0.717) is 24.4 Å². The van der Waals surface area contributed by atoms with Crippen molar-refractivity contribution in [2.75, 3.05) is 0 Å². The van der Waals surface area contributed by atoms with Crippen LogP contribution in [-0.4, -0.2) is 30.4 Å². The van der Waals surface area contributed by atoms with E-state index in [0.717, 1.165) is 69.9 Å². The summed E-state index contributed by atoms with van der Waals surface area (Å²) in [5, 5.41) is 13.4. The largest absolute Gasteiger partial charge is 0.487 e. The topological polar surface area (TPSA) is 103 Å². The Morgan fingerprint density at radius 2 is 1.69 bits per heavy atom. The fourth-order valence-corrected chi connectivity index (χ4v) is 5.76. The zero-order valence-corrected chi connectivity index (χ0v) is 24.3. The number of fused-ring (bicyclic) bond motifs is 1. The second-order valence-corrected chi connectivity index (χ2v) is 11.3. The Bertz CT molecular complexity index is 1820. The molecule has 42 heavy (non-hydrogen) atoms. The van der Waals surface area contributed by atoms with E-state index in [9.17, 15) is 9.90 Å². The Kier molecular flexibility index (Phi) is 7.14. The van der Waals surface area contributed by atoms with Gasteiger partial charge in [-0.2, -0.15) is 4.98 Å². The molecule has 5 aromatic rings. The number of aromatic hydroxyl groups is 1. The normalized spacial score (nSPS) is 13.6. The van der Waals surface area contributed by atoms with Crippen molar-refractivity contribution in [1.29, 1.82) is 0 Å². The van der Waals surface area contributed by atoms with E-state index in [1.165, 1.54) is 0 Å². The molecule has 0 bridgehead atoms. The summed E-state index contributed by atoms with van der Waals surface area (Å²) in [7, 11) is 0. The maximum atomic E-state index is 14.2. The van der Waals surface area contributed by atoms with Crippen molar-refractivity contribution in [2.45, 2.75) is 65.5 Å². The summed E-state index contributed by atoms with van der Waals surface area (Å²) in [6.07, 6.45) is 2.62. The molecule has 0 amide bonds. The number of rotatable bonds is 8. The van der Waals surface area contributed by atoms with E-state index in [-0.39, 0.29) is 11.2 Å². The molecular formula is C34H34N4O4. The van der Waals surface area contributed by atoms with Crippen LogP contribution in [-0.2, 0) is 25.8 Å². The molecule has 8 nitrogen and oxygen atoms in total. The Morgan fingerprint density at radius 1 is 0.952 bits per heavy atom. The maximum Gasteiger partial charge on any atom is 0.415 e. The van der Waals surface area contributed by atoms with Gasteiger partial charge in [0.25, 0.3) is 5.56 Å². The molecular weight excluding hydrogens is 528 g/mol. The SMILES string of the molecule is CCCc1nc(CC)c(-c2ccc3c(c2)CC(C)(C)O3)c(=O)n1Cc1ccc(-c2ccccc2-c2noc(O)n2)cc1. The van der Waals surface area contributed by atoms with Crippen LogP contribution in [0.4, 0.5) is 0 Å². The molecule has 0 aliphatic carbocycles. The highest BCUT2D eigenvalue weighted by Gasteiger charge is 2.30. The van der Waals surface area contributed by atoms with E-state index < -0.39 is 6.08 Å². The lowest BCUT2D eigenvalue weighted by molar-refractivity contribution is 0.138. The van der Waals surface area contributed by atoms with Crippen LogP contribution < -0.4 is 10.3 Å². The van der Waals surface area contributed by atoms with E-state index in [2.05, 4.69) is 43.9 Å². The van der Waals surface area contributed by atoms with E-state index in [1.807, 2.05) is 65.2 Å². The van der Waals surface area contributed by atoms with Gasteiger partial charge in [0.05, 0.1) is 17.8 Å². The van der Waals surface area contributed by atoms with Crippen molar-refractivity contribution in [3.63, 3.8) is 0 Å². The smallest absolute Gasteiger partial charge is 0.415 e. The Morgan fingerprint density at radius 3 is 2.38 bits per heavy atom. The number of ether oxygens (including phenoxy) is 1. The average Bonchev–Trinajstić information content (AvgIpc) is 3.55. The Hall–Kier alpha value is -4.72. The van der Waals surface area contributed by atoms with Crippen molar-refractivity contribution in [1.82, 2.24) is 19.7 Å². The minimum absolute atomic E-state index is 0.0187. The summed E-state index contributed by atoms with van der Waals surface area (Å²) in [5.74, 6) is 2.01. The van der Waals surface area contributed by atoms with Gasteiger partial charge in [0.1, 0.15) is 17.2 Å². The lowest BCUT2D eigenvalue weighted by atomic mass is 9.96. The van der Waals surface area contributed by atoms with Gasteiger partial charge in [-0.25, -0.2) is 4.98 Å². The molecule has 1 N–H and O–H groups in total. The zero-order valence-electron chi connectivity index (χ0n) is 24.3. The van der Waals surface area contributed by atoms with Gasteiger partial charge >= 0.3 is 6.08 Å². The van der Waals surface area contributed by atoms with Crippen molar-refractivity contribution in [3.8, 4) is 45.5 Å². The summed E-state index contributed by atoms with van der Waals surface area (Å²) in [6, 6.07) is 21.9. The second-order valence-electron chi connectivity index (χ2n) is 11.3. The molecule has 3 aromatic carbocycles. The fourth-order valence-electron chi connectivity index (χ4n) is 5.76. The predicted molar refractivity (Wildman–Crippen MR) is 162 cm³/mol. The molecule has 0 saturated carbocycles. The van der Waals surface area contributed by atoms with E-state index in [1.54, 1.807) is 0 Å². The van der Waals surface area contributed by atoms with Crippen molar-refractivity contribution in [2.24, 2.45) is 0 Å². The third-order valence-electron chi connectivity index (χ3n) is 7.67. The van der Waals surface area contributed by atoms with Crippen LogP contribution >= 0.6 is 0 Å². The Labute approximate surface area is 244 Å². The van der Waals surface area contributed by atoms with Crippen LogP contribution in [0.5, 0.6) is 11.8 Å². The highest BCUT2D eigenvalue weighted by atomic mass is 16.6. The predicted octanol–water partition coefficient (Wildman–Crippen LogP) is 6.61. The van der Waals surface area contributed by atoms with Crippen LogP contribution in [0, 0.1) is 0 Å². The number of hydrogen-bond donors (Lipinski definition) is 1. The Balaban J connectivity index is 1.37. The van der Waals surface area contributed by atoms with Gasteiger partial charge in [0.2, 0.25) is 5.82 Å². The van der Waals surface area contributed by atoms with Gasteiger partial charge in [-0.1, -0.05) is 73.6 Å². The molecule has 1 aliphatic heterocycles. The average molecular weight is 563 g/mol. The van der Waals surface area contributed by atoms with Crippen LogP contribution in [0.25, 0.3) is 33.6 Å². The second kappa shape index (κ2) is 10.9. The minimum Gasteiger partial charge on any atom is -0.487 e. The first-order valence-electron chi connectivity index (χ1n) is 14.4. The molecule has 2 aromatic heterocycles. The van der Waals surface area contributed by atoms with Gasteiger partial charge in [0, 0.05) is 18.4 Å². The van der Waals surface area contributed by atoms with Crippen molar-refractivity contribution < 1.29 is 14.4 Å². The van der Waals surface area contributed by atoms with Gasteiger partial charge in [0.15, 0.2) is 0 Å². The van der Waals surface area contributed by atoms with Crippen LogP contribution in [0.2, 0.25) is 0 Å². The first-order chi connectivity index (χ1) is 20.3. The molecule has 0 fully saturated rings. The van der Waals surface area contributed by atoms with Gasteiger partial charge in [-0.15, -0.1) is 0 Å². The third kappa shape index (κ3) is 5.20. The molecule has 0 spiro atoms. The third-order valence-corrected chi connectivity index (χ3v) is 7.67. The number of aromatic nitrogens is 4. The number of nitrogens with zero attached hydrogens (tertiary/aromatic N) is 4. The molecule has 6 rings (SSSR count). The highest BCUT2D eigenvalue weighted by Crippen LogP contribution is 2.37. The molecule has 1 aliphatic rings. The fraction of sp³-hybridized carbons (Fsp3) is 0.294. The summed E-state index contributed by atoms with van der Waals surface area (Å²) in [4.78, 5) is 23.2. The lowest BCUT2D eigenvalue weighted by Crippen LogP contribution is -2.29. The van der Waals surface area contributed by atoms with Gasteiger partial charge in [-0.3, -0.25) is 13.9 Å². The molecule has 0 atom stereocenters. The van der Waals surface area contributed by atoms with Crippen LogP contribution in [0.1, 0.15) is 56.8 Å². The summed E-state index contributed by atoms with van der Waals surface area (Å²) in [5.41, 5.74) is 6.85. The molecule has 3 heterocycles. The molecule has 214 valence electrons. The van der Waals surface area contributed by atoms with Crippen LogP contribution in [0.3, 0.4) is 0 Å². The van der Waals surface area contributed by atoms with Crippen molar-refractivity contribution in [3.05, 3.63) is 99.7 Å². The van der Waals surface area contributed by atoms with Gasteiger partial charge < -0.3 is 9.84 Å². The lowest BCUT2D eigenvalue weighted by Gasteiger charge is -2.17. The highest BCUT2D eigenvalue weighted by molar-refractivity contribution is 5.80. The monoisotopic (exact) mass is 562 g/mol. The maximum absolute atomic E-state index is 14.2. The van der Waals surface area contributed by atoms with E-state index in [4.69, 9.17) is 14.2 Å². The summed E-state index contributed by atoms with van der Waals surface area (Å²) in [6.45, 7) is 8.74. The molecule has 0 radical (unpaired) electrons. The molecule has 0 saturated heterocycles. The summed E-state index contributed by atoms with van der Waals surface area (Å²) < 4.78 is 12.7. The molecule has 8 heteroatoms. The quantitative estimate of drug-likeness (QED) is 0.227. The first-order valence-corrected chi connectivity index (χ1v) is 14.4. The standard InChI is InChI=1S/C34H34N4O4/c1-5-9-29-35-27(6-2)30(23-16-17-28-24(18-23)19-34(3,4)41-28)32(39)38(29)20-21-12-14-22(15-13-21)25-10-7-8-11-26(25)31-36-33(40)42-37-31/h7-8,10-18H,5-6,9,19-20H2,1-4H3,(H,36,37,40). The van der Waals surface area contributed by atoms with E-state index >= 15 is 0 Å². The first kappa shape index (κ1) is 27.4.